The lowest BCUT2D eigenvalue weighted by molar-refractivity contribution is -0.140. The van der Waals surface area contributed by atoms with Crippen LogP contribution in [0.5, 0.6) is 0 Å². The molecular formula is C33H39N3O4S. The van der Waals surface area contributed by atoms with Gasteiger partial charge >= 0.3 is 5.97 Å². The number of aromatic nitrogens is 1. The van der Waals surface area contributed by atoms with Gasteiger partial charge in [-0.3, -0.25) is 4.99 Å². The molecule has 0 radical (unpaired) electrons. The number of rotatable bonds is 11. The van der Waals surface area contributed by atoms with Gasteiger partial charge in [0.05, 0.1) is 11.8 Å². The highest BCUT2D eigenvalue weighted by Crippen LogP contribution is 2.31. The molecule has 0 saturated heterocycles. The smallest absolute Gasteiger partial charge is 0.332 e. The molecule has 0 spiro atoms. The molecular weight excluding hydrogens is 534 g/mol. The summed E-state index contributed by atoms with van der Waals surface area (Å²) >= 11 is 1.74. The van der Waals surface area contributed by atoms with E-state index in [1.165, 1.54) is 55.9 Å². The molecule has 0 atom stereocenters. The molecule has 0 saturated carbocycles. The monoisotopic (exact) mass is 573 g/mol. The molecule has 0 amide bonds. The minimum Gasteiger partial charge on any atom is -0.463 e. The number of unbranched alkanes of at least 4 members (excludes halogenated alkanes) is 3. The van der Waals surface area contributed by atoms with E-state index in [0.717, 1.165) is 35.3 Å². The highest BCUT2D eigenvalue weighted by Gasteiger charge is 2.16. The van der Waals surface area contributed by atoms with Crippen molar-refractivity contribution in [3.05, 3.63) is 83.9 Å². The fourth-order valence-corrected chi connectivity index (χ4v) is 4.85. The first-order valence-electron chi connectivity index (χ1n) is 13.8. The normalized spacial score (nSPS) is 11.8. The lowest BCUT2D eigenvalue weighted by Gasteiger charge is -2.08. The van der Waals surface area contributed by atoms with Gasteiger partial charge in [-0.05, 0) is 75.4 Å². The van der Waals surface area contributed by atoms with Crippen molar-refractivity contribution in [2.45, 2.75) is 64.7 Å². The van der Waals surface area contributed by atoms with Crippen LogP contribution in [0.4, 0.5) is 0 Å². The van der Waals surface area contributed by atoms with Crippen molar-refractivity contribution >= 4 is 45.8 Å². The minimum absolute atomic E-state index is 0.167. The SMILES string of the molecule is CC(C)=O.CCCCCCC(=NC)c1cn(-c2ccc(/C(=N/OC(C)=O)c3ccco3)cc2)c2ccc(SC)cc12. The number of carbonyl (C=O) groups excluding carboxylic acids is 2. The Morgan fingerprint density at radius 3 is 2.32 bits per heavy atom. The van der Waals surface area contributed by atoms with E-state index in [0.29, 0.717) is 11.5 Å². The lowest BCUT2D eigenvalue weighted by Crippen LogP contribution is -2.05. The molecule has 8 heteroatoms. The number of benzene rings is 2. The number of Topliss-reactive ketones (excluding diaryl/α,β-unsaturated/α-hetero) is 1. The average Bonchev–Trinajstić information content (AvgIpc) is 3.62. The van der Waals surface area contributed by atoms with Crippen LogP contribution in [0, 0.1) is 0 Å². The van der Waals surface area contributed by atoms with Crippen molar-refractivity contribution in [3.63, 3.8) is 0 Å². The van der Waals surface area contributed by atoms with Gasteiger partial charge in [-0.1, -0.05) is 43.5 Å². The molecule has 7 nitrogen and oxygen atoms in total. The molecule has 0 aliphatic heterocycles. The molecule has 2 aromatic heterocycles. The van der Waals surface area contributed by atoms with Crippen molar-refractivity contribution in [2.24, 2.45) is 10.1 Å². The fraction of sp³-hybridized carbons (Fsp3) is 0.333. The largest absolute Gasteiger partial charge is 0.463 e. The fourth-order valence-electron chi connectivity index (χ4n) is 4.41. The predicted molar refractivity (Wildman–Crippen MR) is 169 cm³/mol. The zero-order chi connectivity index (χ0) is 29.8. The zero-order valence-electron chi connectivity index (χ0n) is 24.8. The molecule has 0 N–H and O–H groups in total. The number of hydrogen-bond donors (Lipinski definition) is 0. The summed E-state index contributed by atoms with van der Waals surface area (Å²) < 4.78 is 7.74. The van der Waals surface area contributed by atoms with Gasteiger partial charge in [-0.25, -0.2) is 4.79 Å². The Labute approximate surface area is 246 Å². The van der Waals surface area contributed by atoms with E-state index in [9.17, 15) is 9.59 Å². The summed E-state index contributed by atoms with van der Waals surface area (Å²) in [5.41, 5.74) is 5.72. The van der Waals surface area contributed by atoms with Crippen LogP contribution in [-0.4, -0.2) is 41.0 Å². The molecule has 216 valence electrons. The molecule has 0 fully saturated rings. The highest BCUT2D eigenvalue weighted by atomic mass is 32.2. The van der Waals surface area contributed by atoms with E-state index in [1.807, 2.05) is 31.3 Å². The molecule has 0 aliphatic carbocycles. The molecule has 0 aliphatic rings. The molecule has 0 bridgehead atoms. The third-order valence-electron chi connectivity index (χ3n) is 6.30. The first kappa shape index (κ1) is 31.6. The molecule has 4 rings (SSSR count). The van der Waals surface area contributed by atoms with E-state index in [-0.39, 0.29) is 5.78 Å². The number of hydrogen-bond acceptors (Lipinski definition) is 7. The van der Waals surface area contributed by atoms with Gasteiger partial charge in [0.15, 0.2) is 11.5 Å². The van der Waals surface area contributed by atoms with E-state index in [1.54, 1.807) is 30.2 Å². The van der Waals surface area contributed by atoms with Gasteiger partial charge in [-0.2, -0.15) is 0 Å². The standard InChI is InChI=1S/C30H33N3O3S.C3H6O/c1-5-6-7-8-10-27(31-3)26-20-33(28-17-16-24(37-4)19-25(26)28)23-14-12-22(13-15-23)30(32-36-21(2)34)29-11-9-18-35-29;1-3(2)4/h9,11-20H,5-8,10H2,1-4H3;1-2H3/b31-27?,32-30-;. The number of furan rings is 1. The van der Waals surface area contributed by atoms with Gasteiger partial charge in [0, 0.05) is 53.0 Å². The maximum absolute atomic E-state index is 11.4. The van der Waals surface area contributed by atoms with Crippen molar-refractivity contribution < 1.29 is 18.8 Å². The Hall–Kier alpha value is -3.91. The van der Waals surface area contributed by atoms with Crippen molar-refractivity contribution in [2.75, 3.05) is 13.3 Å². The second-order valence-corrected chi connectivity index (χ2v) is 10.6. The Bertz CT molecular complexity index is 1500. The van der Waals surface area contributed by atoms with Crippen LogP contribution in [0.3, 0.4) is 0 Å². The van der Waals surface area contributed by atoms with Crippen LogP contribution in [0.25, 0.3) is 16.6 Å². The van der Waals surface area contributed by atoms with Crippen LogP contribution in [0.1, 0.15) is 76.7 Å². The third-order valence-corrected chi connectivity index (χ3v) is 7.02. The zero-order valence-corrected chi connectivity index (χ0v) is 25.6. The number of oxime groups is 1. The van der Waals surface area contributed by atoms with Crippen LogP contribution >= 0.6 is 11.8 Å². The molecule has 41 heavy (non-hydrogen) atoms. The van der Waals surface area contributed by atoms with Crippen molar-refractivity contribution in [1.82, 2.24) is 4.57 Å². The van der Waals surface area contributed by atoms with Gasteiger partial charge in [-0.15, -0.1) is 11.8 Å². The number of thioether (sulfide) groups is 1. The Morgan fingerprint density at radius 1 is 1.00 bits per heavy atom. The Kier molecular flexibility index (Phi) is 12.2. The summed E-state index contributed by atoms with van der Waals surface area (Å²) in [6.07, 6.45) is 11.7. The summed E-state index contributed by atoms with van der Waals surface area (Å²) in [6, 6.07) is 18.2. The topological polar surface area (TPSA) is 86.2 Å². The second-order valence-electron chi connectivity index (χ2n) is 9.73. The molecule has 2 aromatic carbocycles. The molecule has 2 heterocycles. The van der Waals surface area contributed by atoms with Crippen LogP contribution in [-0.2, 0) is 14.4 Å². The third kappa shape index (κ3) is 8.79. The average molecular weight is 574 g/mol. The van der Waals surface area contributed by atoms with E-state index < -0.39 is 5.97 Å². The summed E-state index contributed by atoms with van der Waals surface area (Å²) in [7, 11) is 1.89. The number of fused-ring (bicyclic) bond motifs is 1. The molecule has 4 aromatic rings. The van der Waals surface area contributed by atoms with Crippen LogP contribution in [0.2, 0.25) is 0 Å². The Balaban J connectivity index is 0.00000108. The number of nitrogens with zero attached hydrogens (tertiary/aromatic N) is 3. The Morgan fingerprint density at radius 2 is 1.73 bits per heavy atom. The van der Waals surface area contributed by atoms with E-state index >= 15 is 0 Å². The van der Waals surface area contributed by atoms with Crippen LogP contribution in [0.15, 0.2) is 86.5 Å². The number of aliphatic imine (C=N–C) groups is 1. The van der Waals surface area contributed by atoms with E-state index in [4.69, 9.17) is 14.2 Å². The number of carbonyl (C=O) groups is 2. The maximum atomic E-state index is 11.4. The van der Waals surface area contributed by atoms with Gasteiger partial charge in [0.2, 0.25) is 0 Å². The van der Waals surface area contributed by atoms with Gasteiger partial charge in [0.25, 0.3) is 0 Å². The maximum Gasteiger partial charge on any atom is 0.332 e. The highest BCUT2D eigenvalue weighted by molar-refractivity contribution is 7.98. The summed E-state index contributed by atoms with van der Waals surface area (Å²) in [5, 5.41) is 5.24. The van der Waals surface area contributed by atoms with Gasteiger partial charge in [0.1, 0.15) is 5.78 Å². The summed E-state index contributed by atoms with van der Waals surface area (Å²) in [4.78, 5) is 31.7. The van der Waals surface area contributed by atoms with Gasteiger partial charge < -0.3 is 18.6 Å². The summed E-state index contributed by atoms with van der Waals surface area (Å²) in [5.74, 6) is 0.207. The van der Waals surface area contributed by atoms with Crippen molar-refractivity contribution in [3.8, 4) is 5.69 Å². The lowest BCUT2D eigenvalue weighted by atomic mass is 10.0. The first-order valence-corrected chi connectivity index (χ1v) is 15.0. The number of ketones is 1. The first-order chi connectivity index (χ1) is 19.8. The quantitative estimate of drug-likeness (QED) is 0.0593. The molecule has 0 unspecified atom stereocenters. The van der Waals surface area contributed by atoms with Crippen LogP contribution < -0.4 is 0 Å². The minimum atomic E-state index is -0.486. The predicted octanol–water partition coefficient (Wildman–Crippen LogP) is 8.25. The second kappa shape index (κ2) is 15.8. The van der Waals surface area contributed by atoms with Crippen molar-refractivity contribution in [1.29, 1.82) is 0 Å². The van der Waals surface area contributed by atoms with E-state index in [2.05, 4.69) is 47.3 Å². The summed E-state index contributed by atoms with van der Waals surface area (Å²) in [6.45, 7) is 6.61.